The number of aryl methyl sites for hydroxylation is 1. The van der Waals surface area contributed by atoms with Crippen molar-refractivity contribution in [2.75, 3.05) is 0 Å². The summed E-state index contributed by atoms with van der Waals surface area (Å²) in [4.78, 5) is 12.4. The minimum atomic E-state index is -4.62. The molecule has 2 nitrogen and oxygen atoms in total. The van der Waals surface area contributed by atoms with Crippen LogP contribution in [0.4, 0.5) is 17.6 Å². The Hall–Kier alpha value is -2.89. The van der Waals surface area contributed by atoms with Crippen LogP contribution in [-0.4, -0.2) is 4.57 Å². The van der Waals surface area contributed by atoms with Crippen LogP contribution in [0.2, 0.25) is 0 Å². The molecule has 0 N–H and O–H groups in total. The molecule has 3 rings (SSSR count). The zero-order valence-electron chi connectivity index (χ0n) is 13.8. The number of aromatic nitrogens is 1. The maximum atomic E-state index is 13.2. The highest BCUT2D eigenvalue weighted by Crippen LogP contribution is 2.31. The van der Waals surface area contributed by atoms with Crippen molar-refractivity contribution in [2.45, 2.75) is 19.6 Å². The third kappa shape index (κ3) is 3.85. The molecular formula is C20H15F4NO. The van der Waals surface area contributed by atoms with Gasteiger partial charge in [0.05, 0.1) is 17.8 Å². The molecule has 3 aromatic rings. The fourth-order valence-electron chi connectivity index (χ4n) is 2.74. The van der Waals surface area contributed by atoms with E-state index in [1.54, 1.807) is 18.2 Å². The maximum Gasteiger partial charge on any atom is 0.416 e. The molecule has 0 radical (unpaired) electrons. The summed E-state index contributed by atoms with van der Waals surface area (Å²) < 4.78 is 53.8. The molecule has 0 amide bonds. The summed E-state index contributed by atoms with van der Waals surface area (Å²) in [5.74, 6) is -0.424. The standard InChI is InChI=1S/C20H15F4NO/c1-13-3-2-4-15(9-13)18-10-16(20(22,23)24)11-19(26)25(18)12-14-5-7-17(21)8-6-14/h2-11H,12H2,1H3. The molecule has 0 bridgehead atoms. The summed E-state index contributed by atoms with van der Waals surface area (Å²) in [5, 5.41) is 0. The zero-order chi connectivity index (χ0) is 18.9. The van der Waals surface area contributed by atoms with Gasteiger partial charge in [-0.15, -0.1) is 0 Å². The molecule has 134 valence electrons. The topological polar surface area (TPSA) is 22.0 Å². The highest BCUT2D eigenvalue weighted by atomic mass is 19.4. The fraction of sp³-hybridized carbons (Fsp3) is 0.150. The summed E-state index contributed by atoms with van der Waals surface area (Å²) in [6.07, 6.45) is -4.62. The van der Waals surface area contributed by atoms with Crippen molar-refractivity contribution in [3.8, 4) is 11.3 Å². The lowest BCUT2D eigenvalue weighted by Crippen LogP contribution is -2.24. The van der Waals surface area contributed by atoms with Gasteiger partial charge < -0.3 is 4.57 Å². The molecular weight excluding hydrogens is 346 g/mol. The number of hydrogen-bond donors (Lipinski definition) is 0. The Bertz CT molecular complexity index is 988. The van der Waals surface area contributed by atoms with E-state index >= 15 is 0 Å². The fourth-order valence-corrected chi connectivity index (χ4v) is 2.74. The van der Waals surface area contributed by atoms with E-state index < -0.39 is 23.1 Å². The Balaban J connectivity index is 2.18. The van der Waals surface area contributed by atoms with Crippen LogP contribution in [0.25, 0.3) is 11.3 Å². The van der Waals surface area contributed by atoms with Crippen molar-refractivity contribution in [3.05, 3.63) is 93.5 Å². The third-order valence-electron chi connectivity index (χ3n) is 4.02. The highest BCUT2D eigenvalue weighted by molar-refractivity contribution is 5.61. The molecule has 0 spiro atoms. The molecule has 26 heavy (non-hydrogen) atoms. The van der Waals surface area contributed by atoms with Crippen LogP contribution in [0.1, 0.15) is 16.7 Å². The lowest BCUT2D eigenvalue weighted by molar-refractivity contribution is -0.137. The third-order valence-corrected chi connectivity index (χ3v) is 4.02. The first kappa shape index (κ1) is 17.9. The number of hydrogen-bond acceptors (Lipinski definition) is 1. The molecule has 0 aliphatic carbocycles. The number of alkyl halides is 3. The largest absolute Gasteiger partial charge is 0.416 e. The smallest absolute Gasteiger partial charge is 0.304 e. The SMILES string of the molecule is Cc1cccc(-c2cc(C(F)(F)F)cc(=O)n2Cc2ccc(F)cc2)c1. The van der Waals surface area contributed by atoms with Crippen molar-refractivity contribution >= 4 is 0 Å². The molecule has 1 aromatic heterocycles. The maximum absolute atomic E-state index is 13.2. The number of halogens is 4. The van der Waals surface area contributed by atoms with E-state index in [2.05, 4.69) is 0 Å². The van der Waals surface area contributed by atoms with Crippen molar-refractivity contribution in [3.63, 3.8) is 0 Å². The van der Waals surface area contributed by atoms with E-state index in [0.717, 1.165) is 11.6 Å². The lowest BCUT2D eigenvalue weighted by Gasteiger charge is -2.16. The molecule has 0 aliphatic heterocycles. The second kappa shape index (κ2) is 6.78. The Labute approximate surface area is 147 Å². The molecule has 0 saturated carbocycles. The van der Waals surface area contributed by atoms with Gasteiger partial charge in [-0.25, -0.2) is 4.39 Å². The normalized spacial score (nSPS) is 11.6. The number of pyridine rings is 1. The van der Waals surface area contributed by atoms with Crippen molar-refractivity contribution in [2.24, 2.45) is 0 Å². The average molecular weight is 361 g/mol. The molecule has 1 heterocycles. The summed E-state index contributed by atoms with van der Waals surface area (Å²) in [6.45, 7) is 1.86. The monoisotopic (exact) mass is 361 g/mol. The van der Waals surface area contributed by atoms with Gasteiger partial charge in [-0.2, -0.15) is 13.2 Å². The molecule has 2 aromatic carbocycles. The van der Waals surface area contributed by atoms with Crippen LogP contribution in [-0.2, 0) is 12.7 Å². The molecule has 0 aliphatic rings. The van der Waals surface area contributed by atoms with Crippen LogP contribution >= 0.6 is 0 Å². The van der Waals surface area contributed by atoms with Crippen LogP contribution in [0, 0.1) is 12.7 Å². The van der Waals surface area contributed by atoms with Gasteiger partial charge in [0.2, 0.25) is 0 Å². The second-order valence-corrected chi connectivity index (χ2v) is 6.05. The van der Waals surface area contributed by atoms with Gasteiger partial charge in [0, 0.05) is 6.07 Å². The van der Waals surface area contributed by atoms with E-state index in [1.165, 1.54) is 28.8 Å². The number of rotatable bonds is 3. The number of nitrogens with zero attached hydrogens (tertiary/aromatic N) is 1. The van der Waals surface area contributed by atoms with Gasteiger partial charge in [0.15, 0.2) is 0 Å². The Morgan fingerprint density at radius 3 is 2.27 bits per heavy atom. The summed E-state index contributed by atoms with van der Waals surface area (Å²) in [7, 11) is 0. The minimum Gasteiger partial charge on any atom is -0.304 e. The van der Waals surface area contributed by atoms with Crippen molar-refractivity contribution < 1.29 is 17.6 Å². The quantitative estimate of drug-likeness (QED) is 0.600. The first-order valence-corrected chi connectivity index (χ1v) is 7.87. The van der Waals surface area contributed by atoms with Gasteiger partial charge in [-0.1, -0.05) is 35.9 Å². The van der Waals surface area contributed by atoms with Gasteiger partial charge in [0.1, 0.15) is 5.82 Å². The Morgan fingerprint density at radius 2 is 1.65 bits per heavy atom. The van der Waals surface area contributed by atoms with Crippen LogP contribution in [0.15, 0.2) is 65.5 Å². The van der Waals surface area contributed by atoms with E-state index in [0.29, 0.717) is 17.2 Å². The lowest BCUT2D eigenvalue weighted by atomic mass is 10.1. The highest BCUT2D eigenvalue weighted by Gasteiger charge is 2.32. The van der Waals surface area contributed by atoms with Gasteiger partial charge in [0.25, 0.3) is 5.56 Å². The predicted octanol–water partition coefficient (Wildman–Crippen LogP) is 5.03. The molecule has 0 fully saturated rings. The summed E-state index contributed by atoms with van der Waals surface area (Å²) in [6, 6.07) is 14.0. The van der Waals surface area contributed by atoms with Gasteiger partial charge in [-0.05, 0) is 42.3 Å². The van der Waals surface area contributed by atoms with Crippen LogP contribution in [0.3, 0.4) is 0 Å². The predicted molar refractivity (Wildman–Crippen MR) is 91.4 cm³/mol. The summed E-state index contributed by atoms with van der Waals surface area (Å²) in [5.41, 5.74) is 0.394. The second-order valence-electron chi connectivity index (χ2n) is 6.05. The van der Waals surface area contributed by atoms with Crippen molar-refractivity contribution in [1.29, 1.82) is 0 Å². The average Bonchev–Trinajstić information content (AvgIpc) is 2.57. The van der Waals surface area contributed by atoms with E-state index in [9.17, 15) is 22.4 Å². The van der Waals surface area contributed by atoms with Crippen molar-refractivity contribution in [1.82, 2.24) is 4.57 Å². The molecule has 6 heteroatoms. The summed E-state index contributed by atoms with van der Waals surface area (Å²) >= 11 is 0. The van der Waals surface area contributed by atoms with Gasteiger partial charge >= 0.3 is 6.18 Å². The molecule has 0 saturated heterocycles. The van der Waals surface area contributed by atoms with Gasteiger partial charge in [-0.3, -0.25) is 4.79 Å². The van der Waals surface area contributed by atoms with E-state index in [4.69, 9.17) is 0 Å². The molecule has 0 unspecified atom stereocenters. The minimum absolute atomic E-state index is 0.0422. The Morgan fingerprint density at radius 1 is 0.962 bits per heavy atom. The van der Waals surface area contributed by atoms with E-state index in [1.807, 2.05) is 13.0 Å². The Kier molecular flexibility index (Phi) is 4.68. The first-order chi connectivity index (χ1) is 12.2. The first-order valence-electron chi connectivity index (χ1n) is 7.87. The van der Waals surface area contributed by atoms with Crippen LogP contribution in [0.5, 0.6) is 0 Å². The van der Waals surface area contributed by atoms with E-state index in [-0.39, 0.29) is 12.2 Å². The molecule has 0 atom stereocenters. The zero-order valence-corrected chi connectivity index (χ0v) is 13.8. The van der Waals surface area contributed by atoms with Crippen LogP contribution < -0.4 is 5.56 Å². The number of benzene rings is 2.